The molecule has 3 rings (SSSR count). The molecule has 0 saturated heterocycles. The van der Waals surface area contributed by atoms with Crippen molar-refractivity contribution in [3.8, 4) is 0 Å². The summed E-state index contributed by atoms with van der Waals surface area (Å²) < 4.78 is 5.67. The Hall–Kier alpha value is -3.33. The molecule has 0 saturated carbocycles. The van der Waals surface area contributed by atoms with Crippen molar-refractivity contribution in [1.29, 1.82) is 0 Å². The number of carbonyl (C=O) groups excluding carboxylic acids is 4. The molecule has 0 aliphatic rings. The maximum absolute atomic E-state index is 13.4. The molecule has 2 aromatic heterocycles. The topological polar surface area (TPSA) is 157 Å². The van der Waals surface area contributed by atoms with Gasteiger partial charge in [-0.1, -0.05) is 52.3 Å². The van der Waals surface area contributed by atoms with Crippen molar-refractivity contribution >= 4 is 63.3 Å². The van der Waals surface area contributed by atoms with E-state index in [-0.39, 0.29) is 41.7 Å². The number of thiazole rings is 2. The molecule has 0 unspecified atom stereocenters. The summed E-state index contributed by atoms with van der Waals surface area (Å²) in [4.78, 5) is 63.1. The number of thioether (sulfide) groups is 1. The van der Waals surface area contributed by atoms with E-state index in [4.69, 9.17) is 10.5 Å². The molecule has 0 aliphatic carbocycles. The Labute approximate surface area is 276 Å². The lowest BCUT2D eigenvalue weighted by Crippen LogP contribution is -2.51. The number of benzene rings is 1. The first-order chi connectivity index (χ1) is 21.4. The number of ether oxygens (including phenoxy) is 1. The summed E-state index contributed by atoms with van der Waals surface area (Å²) in [5.74, 6) is -1.34. The number of nitrogens with two attached hydrogens (primary N) is 1. The van der Waals surface area contributed by atoms with Gasteiger partial charge in [-0.05, 0) is 24.0 Å². The molecule has 0 radical (unpaired) electrons. The molecule has 5 atom stereocenters. The molecule has 14 heteroatoms. The molecular weight excluding hydrogens is 633 g/mol. The number of hydrogen-bond acceptors (Lipinski definition) is 11. The number of nitrogens with zero attached hydrogens (tertiary/aromatic N) is 3. The molecule has 2 heterocycles. The van der Waals surface area contributed by atoms with Crippen LogP contribution in [0.25, 0.3) is 0 Å². The predicted octanol–water partition coefficient (Wildman–Crippen LogP) is 4.98. The van der Waals surface area contributed by atoms with Crippen LogP contribution in [-0.4, -0.2) is 69.5 Å². The number of nitrogens with one attached hydrogen (secondary N) is 2. The lowest BCUT2D eigenvalue weighted by Gasteiger charge is -2.35. The van der Waals surface area contributed by atoms with Crippen LogP contribution >= 0.6 is 34.4 Å². The summed E-state index contributed by atoms with van der Waals surface area (Å²) in [5.41, 5.74) is 6.35. The van der Waals surface area contributed by atoms with E-state index in [2.05, 4.69) is 20.6 Å². The number of esters is 1. The first-order valence-electron chi connectivity index (χ1n) is 14.7. The van der Waals surface area contributed by atoms with Crippen molar-refractivity contribution in [1.82, 2.24) is 20.2 Å². The Morgan fingerprint density at radius 1 is 1.11 bits per heavy atom. The SMILES string of the molecule is CC[C@H](C)[C@H](N)C(=O)N(C)[C@H](C[C@@H](OC(C)=O)c1nc(C(=O)N[C@@H](CSc2ccccc2)C(=O)Nc2nccs2)cs1)C(C)C. The summed E-state index contributed by atoms with van der Waals surface area (Å²) in [6.45, 7) is 9.21. The fourth-order valence-electron chi connectivity index (χ4n) is 4.52. The number of anilines is 1. The van der Waals surface area contributed by atoms with Gasteiger partial charge in [0.05, 0.1) is 6.04 Å². The molecule has 0 fully saturated rings. The Bertz CT molecular complexity index is 1400. The normalized spacial score (nSPS) is 14.6. The van der Waals surface area contributed by atoms with Crippen LogP contribution in [0.2, 0.25) is 0 Å². The van der Waals surface area contributed by atoms with Crippen molar-refractivity contribution in [2.24, 2.45) is 17.6 Å². The predicted molar refractivity (Wildman–Crippen MR) is 179 cm³/mol. The van der Waals surface area contributed by atoms with Crippen molar-refractivity contribution in [3.05, 3.63) is 58.0 Å². The molecule has 3 amide bonds. The van der Waals surface area contributed by atoms with Gasteiger partial charge in [-0.15, -0.1) is 34.4 Å². The maximum Gasteiger partial charge on any atom is 0.303 e. The minimum atomic E-state index is -0.888. The minimum Gasteiger partial charge on any atom is -0.455 e. The van der Waals surface area contributed by atoms with Crippen LogP contribution in [0.15, 0.2) is 52.2 Å². The van der Waals surface area contributed by atoms with Crippen molar-refractivity contribution in [2.75, 3.05) is 18.1 Å². The quantitative estimate of drug-likeness (QED) is 0.141. The van der Waals surface area contributed by atoms with Crippen LogP contribution in [0.3, 0.4) is 0 Å². The van der Waals surface area contributed by atoms with E-state index in [1.165, 1.54) is 41.4 Å². The highest BCUT2D eigenvalue weighted by molar-refractivity contribution is 7.99. The van der Waals surface area contributed by atoms with Crippen LogP contribution < -0.4 is 16.4 Å². The molecule has 0 bridgehead atoms. The third-order valence-corrected chi connectivity index (χ3v) is 10.1. The molecule has 4 N–H and O–H groups in total. The molecule has 244 valence electrons. The summed E-state index contributed by atoms with van der Waals surface area (Å²) in [5, 5.41) is 9.71. The second-order valence-electron chi connectivity index (χ2n) is 11.1. The third kappa shape index (κ3) is 10.6. The number of aromatic nitrogens is 2. The van der Waals surface area contributed by atoms with Gasteiger partial charge in [0.25, 0.3) is 5.91 Å². The molecule has 0 spiro atoms. The van der Waals surface area contributed by atoms with Crippen LogP contribution in [0.5, 0.6) is 0 Å². The molecular formula is C31H42N6O5S3. The highest BCUT2D eigenvalue weighted by atomic mass is 32.2. The first-order valence-corrected chi connectivity index (χ1v) is 17.5. The standard InChI is InChI=1S/C31H42N6O5S3/c1-7-19(4)26(32)30(41)37(6)24(18(2)3)15-25(42-20(5)38)29-35-23(17-45-29)27(39)34-22(16-44-21-11-9-8-10-12-21)28(40)36-31-33-13-14-43-31/h8-14,17-19,22,24-26H,7,15-16,32H2,1-6H3,(H,34,39)(H,33,36,40)/t19-,22-,24+,25+,26-/m0/s1. The van der Waals surface area contributed by atoms with E-state index in [0.29, 0.717) is 10.1 Å². The van der Waals surface area contributed by atoms with E-state index in [1.807, 2.05) is 58.0 Å². The van der Waals surface area contributed by atoms with Crippen molar-refractivity contribution < 1.29 is 23.9 Å². The summed E-state index contributed by atoms with van der Waals surface area (Å²) >= 11 is 3.89. The minimum absolute atomic E-state index is 0.00985. The summed E-state index contributed by atoms with van der Waals surface area (Å²) in [7, 11) is 1.71. The number of likely N-dealkylation sites (N-methyl/N-ethyl adjacent to an activating group) is 1. The van der Waals surface area contributed by atoms with Gasteiger partial charge in [-0.3, -0.25) is 19.2 Å². The Balaban J connectivity index is 1.79. The Kier molecular flexibility index (Phi) is 14.0. The highest BCUT2D eigenvalue weighted by Crippen LogP contribution is 2.31. The van der Waals surface area contributed by atoms with E-state index in [9.17, 15) is 19.2 Å². The van der Waals surface area contributed by atoms with Crippen LogP contribution in [-0.2, 0) is 19.1 Å². The number of hydrogen-bond donors (Lipinski definition) is 3. The molecule has 45 heavy (non-hydrogen) atoms. The zero-order valence-corrected chi connectivity index (χ0v) is 28.8. The lowest BCUT2D eigenvalue weighted by atomic mass is 9.93. The number of carbonyl (C=O) groups is 4. The maximum atomic E-state index is 13.4. The monoisotopic (exact) mass is 674 g/mol. The summed E-state index contributed by atoms with van der Waals surface area (Å²) in [6.07, 6.45) is 1.83. The van der Waals surface area contributed by atoms with Gasteiger partial charge in [0.2, 0.25) is 11.8 Å². The van der Waals surface area contributed by atoms with Gasteiger partial charge < -0.3 is 26.0 Å². The Morgan fingerprint density at radius 3 is 2.42 bits per heavy atom. The smallest absolute Gasteiger partial charge is 0.303 e. The number of amides is 3. The highest BCUT2D eigenvalue weighted by Gasteiger charge is 2.33. The van der Waals surface area contributed by atoms with Crippen molar-refractivity contribution in [2.45, 2.75) is 76.6 Å². The van der Waals surface area contributed by atoms with Gasteiger partial charge in [0, 0.05) is 54.0 Å². The molecule has 3 aromatic rings. The van der Waals surface area contributed by atoms with Crippen molar-refractivity contribution in [3.63, 3.8) is 0 Å². The fraction of sp³-hybridized carbons (Fsp3) is 0.484. The fourth-order valence-corrected chi connectivity index (χ4v) is 6.84. The molecule has 1 aromatic carbocycles. The van der Waals surface area contributed by atoms with Gasteiger partial charge >= 0.3 is 5.97 Å². The van der Waals surface area contributed by atoms with Crippen LogP contribution in [0.4, 0.5) is 5.13 Å². The second-order valence-corrected chi connectivity index (χ2v) is 13.9. The second kappa shape index (κ2) is 17.4. The summed E-state index contributed by atoms with van der Waals surface area (Å²) in [6, 6.07) is 7.72. The number of rotatable bonds is 16. The zero-order valence-electron chi connectivity index (χ0n) is 26.4. The first kappa shape index (κ1) is 36.1. The largest absolute Gasteiger partial charge is 0.455 e. The zero-order chi connectivity index (χ0) is 33.1. The van der Waals surface area contributed by atoms with E-state index in [1.54, 1.807) is 28.9 Å². The van der Waals surface area contributed by atoms with Gasteiger partial charge in [0.1, 0.15) is 16.7 Å². The van der Waals surface area contributed by atoms with Gasteiger partial charge in [-0.2, -0.15) is 0 Å². The molecule has 0 aliphatic heterocycles. The van der Waals surface area contributed by atoms with Gasteiger partial charge in [-0.25, -0.2) is 9.97 Å². The van der Waals surface area contributed by atoms with Crippen LogP contribution in [0.1, 0.15) is 69.1 Å². The lowest BCUT2D eigenvalue weighted by molar-refractivity contribution is -0.148. The van der Waals surface area contributed by atoms with E-state index < -0.39 is 36.0 Å². The molecule has 11 nitrogen and oxygen atoms in total. The Morgan fingerprint density at radius 2 is 1.82 bits per heavy atom. The third-order valence-electron chi connectivity index (χ3n) is 7.39. The van der Waals surface area contributed by atoms with E-state index >= 15 is 0 Å². The van der Waals surface area contributed by atoms with Gasteiger partial charge in [0.15, 0.2) is 11.2 Å². The van der Waals surface area contributed by atoms with E-state index in [0.717, 1.165) is 11.3 Å². The van der Waals surface area contributed by atoms with Crippen LogP contribution in [0, 0.1) is 11.8 Å². The average Bonchev–Trinajstić information content (AvgIpc) is 3.72. The average molecular weight is 675 g/mol.